The SMILES string of the molecule is Cc1cc(Cl)ccc1NCc1ccc(Cl)cc1Cl. The summed E-state index contributed by atoms with van der Waals surface area (Å²) >= 11 is 17.9. The lowest BCUT2D eigenvalue weighted by Crippen LogP contribution is -2.01. The standard InChI is InChI=1S/C14H12Cl3N/c1-9-6-11(15)4-5-14(9)18-8-10-2-3-12(16)7-13(10)17/h2-7,18H,8H2,1H3. The van der Waals surface area contributed by atoms with Crippen molar-refractivity contribution in [1.82, 2.24) is 0 Å². The lowest BCUT2D eigenvalue weighted by molar-refractivity contribution is 1.14. The zero-order valence-electron chi connectivity index (χ0n) is 9.81. The fourth-order valence-electron chi connectivity index (χ4n) is 1.68. The van der Waals surface area contributed by atoms with E-state index < -0.39 is 0 Å². The Labute approximate surface area is 122 Å². The number of hydrogen-bond acceptors (Lipinski definition) is 1. The first-order valence-corrected chi connectivity index (χ1v) is 6.63. The summed E-state index contributed by atoms with van der Waals surface area (Å²) in [4.78, 5) is 0. The van der Waals surface area contributed by atoms with Crippen LogP contribution < -0.4 is 5.32 Å². The van der Waals surface area contributed by atoms with Gasteiger partial charge in [0.15, 0.2) is 0 Å². The molecular formula is C14H12Cl3N. The Bertz CT molecular complexity index is 515. The zero-order valence-corrected chi connectivity index (χ0v) is 12.1. The second-order valence-corrected chi connectivity index (χ2v) is 5.33. The highest BCUT2D eigenvalue weighted by molar-refractivity contribution is 6.35. The van der Waals surface area contributed by atoms with Gasteiger partial charge in [0.2, 0.25) is 0 Å². The highest BCUT2D eigenvalue weighted by atomic mass is 35.5. The Balaban J connectivity index is 2.11. The highest BCUT2D eigenvalue weighted by Gasteiger charge is 2.03. The molecule has 0 aromatic heterocycles. The lowest BCUT2D eigenvalue weighted by atomic mass is 10.2. The van der Waals surface area contributed by atoms with Gasteiger partial charge in [-0.25, -0.2) is 0 Å². The molecule has 1 nitrogen and oxygen atoms in total. The van der Waals surface area contributed by atoms with E-state index in [1.807, 2.05) is 37.3 Å². The highest BCUT2D eigenvalue weighted by Crippen LogP contribution is 2.24. The Hall–Kier alpha value is -0.890. The minimum atomic E-state index is 0.645. The molecule has 0 fully saturated rings. The van der Waals surface area contributed by atoms with Crippen molar-refractivity contribution in [1.29, 1.82) is 0 Å². The van der Waals surface area contributed by atoms with Gasteiger partial charge in [-0.2, -0.15) is 0 Å². The van der Waals surface area contributed by atoms with Crippen LogP contribution in [-0.4, -0.2) is 0 Å². The van der Waals surface area contributed by atoms with Crippen LogP contribution in [-0.2, 0) is 6.54 Å². The molecule has 0 spiro atoms. The fourth-order valence-corrected chi connectivity index (χ4v) is 2.38. The smallest absolute Gasteiger partial charge is 0.0470 e. The summed E-state index contributed by atoms with van der Waals surface area (Å²) in [6.07, 6.45) is 0. The molecular weight excluding hydrogens is 289 g/mol. The van der Waals surface area contributed by atoms with Gasteiger partial charge < -0.3 is 5.32 Å². The van der Waals surface area contributed by atoms with E-state index in [-0.39, 0.29) is 0 Å². The molecule has 0 radical (unpaired) electrons. The lowest BCUT2D eigenvalue weighted by Gasteiger charge is -2.11. The molecule has 0 heterocycles. The van der Waals surface area contributed by atoms with Gasteiger partial charge in [0, 0.05) is 27.3 Å². The van der Waals surface area contributed by atoms with E-state index in [1.54, 1.807) is 6.07 Å². The van der Waals surface area contributed by atoms with Crippen molar-refractivity contribution in [3.63, 3.8) is 0 Å². The number of hydrogen-bond donors (Lipinski definition) is 1. The molecule has 2 aromatic carbocycles. The van der Waals surface area contributed by atoms with Gasteiger partial charge in [-0.05, 0) is 48.4 Å². The van der Waals surface area contributed by atoms with E-state index in [1.165, 1.54) is 0 Å². The summed E-state index contributed by atoms with van der Waals surface area (Å²) in [5.74, 6) is 0. The maximum absolute atomic E-state index is 6.12. The van der Waals surface area contributed by atoms with E-state index in [0.29, 0.717) is 16.6 Å². The molecule has 0 aliphatic carbocycles. The summed E-state index contributed by atoms with van der Waals surface area (Å²) in [6.45, 7) is 2.66. The van der Waals surface area contributed by atoms with Crippen LogP contribution >= 0.6 is 34.8 Å². The van der Waals surface area contributed by atoms with Gasteiger partial charge in [0.05, 0.1) is 0 Å². The quantitative estimate of drug-likeness (QED) is 0.781. The van der Waals surface area contributed by atoms with Gasteiger partial charge in [-0.15, -0.1) is 0 Å². The van der Waals surface area contributed by atoms with Crippen LogP contribution in [0.1, 0.15) is 11.1 Å². The number of anilines is 1. The second kappa shape index (κ2) is 5.83. The molecule has 0 atom stereocenters. The van der Waals surface area contributed by atoms with Gasteiger partial charge in [-0.3, -0.25) is 0 Å². The molecule has 0 bridgehead atoms. The number of benzene rings is 2. The third-order valence-corrected chi connectivity index (χ3v) is 3.49. The Morgan fingerprint density at radius 1 is 0.944 bits per heavy atom. The number of rotatable bonds is 3. The Morgan fingerprint density at radius 3 is 2.28 bits per heavy atom. The van der Waals surface area contributed by atoms with E-state index >= 15 is 0 Å². The summed E-state index contributed by atoms with van der Waals surface area (Å²) in [7, 11) is 0. The van der Waals surface area contributed by atoms with Gasteiger partial charge in [0.1, 0.15) is 0 Å². The van der Waals surface area contributed by atoms with E-state index in [0.717, 1.165) is 21.8 Å². The molecule has 0 saturated carbocycles. The maximum Gasteiger partial charge on any atom is 0.0470 e. The molecule has 0 aliphatic heterocycles. The molecule has 94 valence electrons. The van der Waals surface area contributed by atoms with Gasteiger partial charge in [-0.1, -0.05) is 40.9 Å². The minimum absolute atomic E-state index is 0.645. The van der Waals surface area contributed by atoms with Crippen LogP contribution in [0.4, 0.5) is 5.69 Å². The third kappa shape index (κ3) is 3.32. The molecule has 1 N–H and O–H groups in total. The summed E-state index contributed by atoms with van der Waals surface area (Å²) in [5, 5.41) is 5.38. The largest absolute Gasteiger partial charge is 0.381 e. The van der Waals surface area contributed by atoms with Crippen molar-refractivity contribution in [3.8, 4) is 0 Å². The first-order chi connectivity index (χ1) is 8.56. The van der Waals surface area contributed by atoms with Crippen molar-refractivity contribution in [2.24, 2.45) is 0 Å². The first-order valence-electron chi connectivity index (χ1n) is 5.50. The average Bonchev–Trinajstić information content (AvgIpc) is 2.30. The molecule has 0 amide bonds. The monoisotopic (exact) mass is 299 g/mol. The summed E-state index contributed by atoms with van der Waals surface area (Å²) in [6, 6.07) is 11.2. The van der Waals surface area contributed by atoms with Crippen molar-refractivity contribution in [3.05, 3.63) is 62.6 Å². The molecule has 0 unspecified atom stereocenters. The van der Waals surface area contributed by atoms with Crippen LogP contribution in [0.2, 0.25) is 15.1 Å². The predicted molar refractivity (Wildman–Crippen MR) is 80.0 cm³/mol. The summed E-state index contributed by atoms with van der Waals surface area (Å²) in [5.41, 5.74) is 3.16. The Morgan fingerprint density at radius 2 is 1.61 bits per heavy atom. The molecule has 0 saturated heterocycles. The number of halogens is 3. The van der Waals surface area contributed by atoms with Crippen LogP contribution in [0.15, 0.2) is 36.4 Å². The number of aryl methyl sites for hydroxylation is 1. The van der Waals surface area contributed by atoms with Crippen LogP contribution in [0.3, 0.4) is 0 Å². The Kier molecular flexibility index (Phi) is 4.39. The van der Waals surface area contributed by atoms with Gasteiger partial charge in [0.25, 0.3) is 0 Å². The van der Waals surface area contributed by atoms with E-state index in [9.17, 15) is 0 Å². The maximum atomic E-state index is 6.12. The van der Waals surface area contributed by atoms with Gasteiger partial charge >= 0.3 is 0 Å². The first kappa shape index (κ1) is 13.5. The predicted octanol–water partition coefficient (Wildman–Crippen LogP) is 5.57. The average molecular weight is 301 g/mol. The molecule has 2 aromatic rings. The topological polar surface area (TPSA) is 12.0 Å². The van der Waals surface area contributed by atoms with Crippen LogP contribution in [0.5, 0.6) is 0 Å². The number of nitrogens with one attached hydrogen (secondary N) is 1. The molecule has 4 heteroatoms. The van der Waals surface area contributed by atoms with Crippen molar-refractivity contribution in [2.75, 3.05) is 5.32 Å². The summed E-state index contributed by atoms with van der Waals surface area (Å²) < 4.78 is 0. The third-order valence-electron chi connectivity index (χ3n) is 2.67. The fraction of sp³-hybridized carbons (Fsp3) is 0.143. The van der Waals surface area contributed by atoms with Crippen LogP contribution in [0, 0.1) is 6.92 Å². The van der Waals surface area contributed by atoms with E-state index in [4.69, 9.17) is 34.8 Å². The minimum Gasteiger partial charge on any atom is -0.381 e. The molecule has 0 aliphatic rings. The van der Waals surface area contributed by atoms with Crippen molar-refractivity contribution < 1.29 is 0 Å². The van der Waals surface area contributed by atoms with Crippen molar-refractivity contribution in [2.45, 2.75) is 13.5 Å². The normalized spacial score (nSPS) is 10.4. The van der Waals surface area contributed by atoms with Crippen molar-refractivity contribution >= 4 is 40.5 Å². The second-order valence-electron chi connectivity index (χ2n) is 4.05. The molecule has 2 rings (SSSR count). The zero-order chi connectivity index (χ0) is 13.1. The molecule has 18 heavy (non-hydrogen) atoms. The van der Waals surface area contributed by atoms with E-state index in [2.05, 4.69) is 5.32 Å². The van der Waals surface area contributed by atoms with Crippen LogP contribution in [0.25, 0.3) is 0 Å².